The van der Waals surface area contributed by atoms with E-state index in [9.17, 15) is 0 Å². The Morgan fingerprint density at radius 2 is 1.36 bits per heavy atom. The van der Waals surface area contributed by atoms with Gasteiger partial charge in [-0.25, -0.2) is 0 Å². The van der Waals surface area contributed by atoms with Crippen molar-refractivity contribution in [2.45, 2.75) is 37.9 Å². The quantitative estimate of drug-likeness (QED) is 0.608. The first kappa shape index (κ1) is 11.5. The Morgan fingerprint density at radius 1 is 0.929 bits per heavy atom. The predicted molar refractivity (Wildman–Crippen MR) is 58.3 cm³/mol. The number of hydrogen-bond acceptors (Lipinski definition) is 2. The lowest BCUT2D eigenvalue weighted by Crippen LogP contribution is -2.34. The molecule has 1 rings (SSSR count). The fourth-order valence-electron chi connectivity index (χ4n) is 1.83. The Hall–Kier alpha value is -0.600. The molecule has 0 aromatic heterocycles. The Kier molecular flexibility index (Phi) is 5.57. The second-order valence-electron chi connectivity index (χ2n) is 3.61. The van der Waals surface area contributed by atoms with Crippen molar-refractivity contribution < 1.29 is 9.47 Å². The van der Waals surface area contributed by atoms with Crippen LogP contribution in [0.4, 0.5) is 0 Å². The van der Waals surface area contributed by atoms with Crippen LogP contribution in [0.5, 0.6) is 0 Å². The summed E-state index contributed by atoms with van der Waals surface area (Å²) in [6.45, 7) is 8.55. The van der Waals surface area contributed by atoms with E-state index in [0.29, 0.717) is 13.2 Å². The third-order valence-electron chi connectivity index (χ3n) is 2.50. The highest BCUT2D eigenvalue weighted by molar-refractivity contribution is 4.79. The Morgan fingerprint density at radius 3 is 1.71 bits per heavy atom. The van der Waals surface area contributed by atoms with Crippen LogP contribution in [0.1, 0.15) is 25.7 Å². The van der Waals surface area contributed by atoms with Crippen molar-refractivity contribution in [1.82, 2.24) is 0 Å². The Labute approximate surface area is 86.6 Å². The highest BCUT2D eigenvalue weighted by Gasteiger charge is 2.25. The van der Waals surface area contributed by atoms with Gasteiger partial charge in [0.25, 0.3) is 0 Å². The lowest BCUT2D eigenvalue weighted by Gasteiger charge is -2.30. The van der Waals surface area contributed by atoms with Crippen LogP contribution < -0.4 is 0 Å². The van der Waals surface area contributed by atoms with Crippen molar-refractivity contribution in [3.8, 4) is 0 Å². The minimum Gasteiger partial charge on any atom is -0.371 e. The highest BCUT2D eigenvalue weighted by atomic mass is 16.5. The molecule has 0 unspecified atom stereocenters. The van der Waals surface area contributed by atoms with Gasteiger partial charge in [-0.1, -0.05) is 25.0 Å². The number of rotatable bonds is 6. The van der Waals surface area contributed by atoms with E-state index in [1.54, 1.807) is 12.2 Å². The molecule has 2 atom stereocenters. The standard InChI is InChI=1S/C12H20O2/c1-3-9-13-11-7-5-6-8-12(11)14-10-4-2/h3-4,11-12H,1-2,5-10H2/t11-,12+. The highest BCUT2D eigenvalue weighted by Crippen LogP contribution is 2.23. The van der Waals surface area contributed by atoms with Crippen LogP contribution in [0, 0.1) is 0 Å². The van der Waals surface area contributed by atoms with Gasteiger partial charge in [0.1, 0.15) is 0 Å². The molecule has 1 aliphatic rings. The first-order valence-electron chi connectivity index (χ1n) is 5.33. The zero-order valence-corrected chi connectivity index (χ0v) is 8.78. The normalized spacial score (nSPS) is 27.1. The van der Waals surface area contributed by atoms with Gasteiger partial charge in [0.05, 0.1) is 25.4 Å². The smallest absolute Gasteiger partial charge is 0.0841 e. The monoisotopic (exact) mass is 196 g/mol. The fourth-order valence-corrected chi connectivity index (χ4v) is 1.83. The van der Waals surface area contributed by atoms with Crippen molar-refractivity contribution in [2.24, 2.45) is 0 Å². The Balaban J connectivity index is 2.33. The molecule has 0 aromatic rings. The van der Waals surface area contributed by atoms with Crippen molar-refractivity contribution >= 4 is 0 Å². The van der Waals surface area contributed by atoms with Gasteiger partial charge in [-0.3, -0.25) is 0 Å². The van der Waals surface area contributed by atoms with Crippen LogP contribution in [0.15, 0.2) is 25.3 Å². The van der Waals surface area contributed by atoms with Gasteiger partial charge in [0.15, 0.2) is 0 Å². The van der Waals surface area contributed by atoms with E-state index >= 15 is 0 Å². The van der Waals surface area contributed by atoms with E-state index in [1.807, 2.05) is 0 Å². The van der Waals surface area contributed by atoms with Gasteiger partial charge in [-0.05, 0) is 12.8 Å². The summed E-state index contributed by atoms with van der Waals surface area (Å²) >= 11 is 0. The lowest BCUT2D eigenvalue weighted by atomic mass is 9.94. The zero-order chi connectivity index (χ0) is 10.2. The second kappa shape index (κ2) is 6.80. The summed E-state index contributed by atoms with van der Waals surface area (Å²) in [6, 6.07) is 0. The van der Waals surface area contributed by atoms with Crippen LogP contribution in [-0.4, -0.2) is 25.4 Å². The molecule has 0 N–H and O–H groups in total. The summed E-state index contributed by atoms with van der Waals surface area (Å²) in [7, 11) is 0. The van der Waals surface area contributed by atoms with Crippen LogP contribution in [0.25, 0.3) is 0 Å². The molecule has 1 saturated carbocycles. The molecule has 1 fully saturated rings. The molecular weight excluding hydrogens is 176 g/mol. The van der Waals surface area contributed by atoms with Crippen LogP contribution in [-0.2, 0) is 9.47 Å². The van der Waals surface area contributed by atoms with Gasteiger partial charge in [-0.15, -0.1) is 13.2 Å². The molecule has 2 nitrogen and oxygen atoms in total. The van der Waals surface area contributed by atoms with Crippen LogP contribution in [0.2, 0.25) is 0 Å². The summed E-state index contributed by atoms with van der Waals surface area (Å²) in [6.07, 6.45) is 8.79. The van der Waals surface area contributed by atoms with E-state index in [0.717, 1.165) is 12.8 Å². The third-order valence-corrected chi connectivity index (χ3v) is 2.50. The van der Waals surface area contributed by atoms with Crippen molar-refractivity contribution in [3.05, 3.63) is 25.3 Å². The molecule has 14 heavy (non-hydrogen) atoms. The minimum absolute atomic E-state index is 0.252. The molecule has 0 aromatic carbocycles. The predicted octanol–water partition coefficient (Wildman–Crippen LogP) is 2.70. The molecule has 0 spiro atoms. The topological polar surface area (TPSA) is 18.5 Å². The molecule has 0 heterocycles. The van der Waals surface area contributed by atoms with Gasteiger partial charge in [0, 0.05) is 0 Å². The third kappa shape index (κ3) is 3.64. The zero-order valence-electron chi connectivity index (χ0n) is 8.78. The molecule has 2 heteroatoms. The van der Waals surface area contributed by atoms with E-state index in [-0.39, 0.29) is 12.2 Å². The maximum absolute atomic E-state index is 5.66. The van der Waals surface area contributed by atoms with Crippen molar-refractivity contribution in [3.63, 3.8) is 0 Å². The molecule has 0 saturated heterocycles. The molecule has 80 valence electrons. The van der Waals surface area contributed by atoms with Gasteiger partial charge >= 0.3 is 0 Å². The van der Waals surface area contributed by atoms with Gasteiger partial charge < -0.3 is 9.47 Å². The fraction of sp³-hybridized carbons (Fsp3) is 0.667. The summed E-state index contributed by atoms with van der Waals surface area (Å²) < 4.78 is 11.3. The molecule has 1 aliphatic carbocycles. The van der Waals surface area contributed by atoms with Crippen molar-refractivity contribution in [1.29, 1.82) is 0 Å². The first-order valence-corrected chi connectivity index (χ1v) is 5.33. The van der Waals surface area contributed by atoms with Crippen LogP contribution in [0.3, 0.4) is 0 Å². The molecule has 0 radical (unpaired) electrons. The van der Waals surface area contributed by atoms with Crippen molar-refractivity contribution in [2.75, 3.05) is 13.2 Å². The summed E-state index contributed by atoms with van der Waals surface area (Å²) in [5.74, 6) is 0. The van der Waals surface area contributed by atoms with E-state index in [1.165, 1.54) is 12.8 Å². The number of hydrogen-bond donors (Lipinski definition) is 0. The van der Waals surface area contributed by atoms with E-state index in [4.69, 9.17) is 9.47 Å². The van der Waals surface area contributed by atoms with E-state index < -0.39 is 0 Å². The summed E-state index contributed by atoms with van der Waals surface area (Å²) in [5, 5.41) is 0. The minimum atomic E-state index is 0.252. The number of ether oxygens (including phenoxy) is 2. The molecule has 0 aliphatic heterocycles. The largest absolute Gasteiger partial charge is 0.371 e. The molecule has 0 bridgehead atoms. The van der Waals surface area contributed by atoms with E-state index in [2.05, 4.69) is 13.2 Å². The average Bonchev–Trinajstić information content (AvgIpc) is 2.24. The average molecular weight is 196 g/mol. The molecular formula is C12H20O2. The summed E-state index contributed by atoms with van der Waals surface area (Å²) in [5.41, 5.74) is 0. The lowest BCUT2D eigenvalue weighted by molar-refractivity contribution is -0.0782. The maximum Gasteiger partial charge on any atom is 0.0841 e. The Bertz CT molecular complexity index is 157. The first-order chi connectivity index (χ1) is 6.88. The maximum atomic E-state index is 5.66. The molecule has 0 amide bonds. The van der Waals surface area contributed by atoms with Gasteiger partial charge in [-0.2, -0.15) is 0 Å². The second-order valence-corrected chi connectivity index (χ2v) is 3.61. The SMILES string of the molecule is C=CCO[C@H]1CCCC[C@H]1OCC=C. The van der Waals surface area contributed by atoms with Crippen LogP contribution >= 0.6 is 0 Å². The van der Waals surface area contributed by atoms with Gasteiger partial charge in [0.2, 0.25) is 0 Å². The summed E-state index contributed by atoms with van der Waals surface area (Å²) in [4.78, 5) is 0.